The summed E-state index contributed by atoms with van der Waals surface area (Å²) in [6.45, 7) is -6.37. The number of aromatic nitrogens is 4. The van der Waals surface area contributed by atoms with Crippen LogP contribution in [-0.4, -0.2) is 133 Å². The number of phosphoric ester groups is 1. The van der Waals surface area contributed by atoms with E-state index in [2.05, 4.69) is 23.8 Å². The van der Waals surface area contributed by atoms with Gasteiger partial charge in [-0.2, -0.15) is 0 Å². The average molecular weight is 635 g/mol. The predicted octanol–water partition coefficient (Wildman–Crippen LogP) is -4.44. The summed E-state index contributed by atoms with van der Waals surface area (Å²) in [6, 6.07) is 0. The maximum atomic E-state index is 12.5. The van der Waals surface area contributed by atoms with Gasteiger partial charge in [0.2, 0.25) is 0 Å². The van der Waals surface area contributed by atoms with Crippen molar-refractivity contribution >= 4 is 43.3 Å². The molecule has 0 saturated carbocycles. The fourth-order valence-electron chi connectivity index (χ4n) is 4.01. The van der Waals surface area contributed by atoms with E-state index in [-0.39, 0.29) is 17.0 Å². The van der Waals surface area contributed by atoms with Crippen LogP contribution in [0.4, 0.5) is 5.82 Å². The number of anilines is 1. The lowest BCUT2D eigenvalue weighted by molar-refractivity contribution is -0.292. The fourth-order valence-corrected chi connectivity index (χ4v) is 7.11. The molecule has 2 aliphatic heterocycles. The van der Waals surface area contributed by atoms with E-state index >= 15 is 0 Å². The van der Waals surface area contributed by atoms with Gasteiger partial charge in [0.15, 0.2) is 24.0 Å². The van der Waals surface area contributed by atoms with Gasteiger partial charge in [0, 0.05) is 0 Å². The van der Waals surface area contributed by atoms with Crippen LogP contribution in [-0.2, 0) is 39.2 Å². The molecule has 0 amide bonds. The topological polar surface area (TPSA) is 315 Å². The predicted molar refractivity (Wildman–Crippen MR) is 130 cm³/mol. The lowest BCUT2D eigenvalue weighted by Crippen LogP contribution is -2.61. The second-order valence-electron chi connectivity index (χ2n) is 8.74. The standard InChI is InChI=1S/C17H27N5O15P2S/c18-14-7-15(20-3-19-14)22(4-21-7)16-11(28)8(25)6(34-16)2-33-39(32,40)37-38(30,31)36-17-12(29)9(26)10(27)13(35-17)5(24)1-23/h3-6,8-13,16-17,23-29H,1-2H2,(H,30,31)(H,32,40)(H2,18,19,20)/t5-,6-,8?,9+,10+,11+,12?,13?,16-,17+,39?/m1/s1. The van der Waals surface area contributed by atoms with Crippen LogP contribution in [0.2, 0.25) is 0 Å². The summed E-state index contributed by atoms with van der Waals surface area (Å²) < 4.78 is 38.4. The summed E-state index contributed by atoms with van der Waals surface area (Å²) in [5, 5.41) is 69.6. The number of imidazole rings is 1. The Bertz CT molecular complexity index is 1290. The Morgan fingerprint density at radius 1 is 1.05 bits per heavy atom. The van der Waals surface area contributed by atoms with Gasteiger partial charge in [0.05, 0.1) is 19.5 Å². The van der Waals surface area contributed by atoms with Crippen molar-refractivity contribution in [2.45, 2.75) is 61.3 Å². The van der Waals surface area contributed by atoms with E-state index in [0.29, 0.717) is 0 Å². The summed E-state index contributed by atoms with van der Waals surface area (Å²) in [5.41, 5.74) is 6.12. The molecule has 2 fully saturated rings. The van der Waals surface area contributed by atoms with Gasteiger partial charge in [-0.3, -0.25) is 9.09 Å². The molecule has 0 aliphatic carbocycles. The van der Waals surface area contributed by atoms with E-state index in [4.69, 9.17) is 36.6 Å². The van der Waals surface area contributed by atoms with Crippen molar-refractivity contribution in [2.24, 2.45) is 0 Å². The van der Waals surface area contributed by atoms with Gasteiger partial charge in [0.25, 0.3) is 0 Å². The Morgan fingerprint density at radius 2 is 1.75 bits per heavy atom. The highest BCUT2D eigenvalue weighted by atomic mass is 32.5. The van der Waals surface area contributed by atoms with Gasteiger partial charge in [-0.25, -0.2) is 23.8 Å². The maximum Gasteiger partial charge on any atom is 0.481 e. The molecular formula is C17H27N5O15P2S. The van der Waals surface area contributed by atoms with Crippen LogP contribution in [0.5, 0.6) is 0 Å². The minimum Gasteiger partial charge on any atom is -0.394 e. The summed E-state index contributed by atoms with van der Waals surface area (Å²) in [6.07, 6.45) is -15.2. The number of fused-ring (bicyclic) bond motifs is 1. The number of hydrogen-bond acceptors (Lipinski definition) is 18. The van der Waals surface area contributed by atoms with E-state index in [1.54, 1.807) is 0 Å². The summed E-state index contributed by atoms with van der Waals surface area (Å²) in [4.78, 5) is 32.2. The van der Waals surface area contributed by atoms with Gasteiger partial charge in [0.1, 0.15) is 60.7 Å². The Hall–Kier alpha value is -1.33. The molecule has 226 valence electrons. The maximum absolute atomic E-state index is 12.5. The van der Waals surface area contributed by atoms with Crippen LogP contribution in [0, 0.1) is 0 Å². The molecule has 0 bridgehead atoms. The highest BCUT2D eigenvalue weighted by molar-refractivity contribution is 8.08. The van der Waals surface area contributed by atoms with E-state index < -0.39 is 89.1 Å². The molecule has 20 nitrogen and oxygen atoms in total. The first-order chi connectivity index (χ1) is 18.7. The second kappa shape index (κ2) is 12.1. The average Bonchev–Trinajstić information content (AvgIpc) is 3.43. The van der Waals surface area contributed by atoms with E-state index in [9.17, 15) is 45.0 Å². The van der Waals surface area contributed by atoms with Crippen molar-refractivity contribution in [3.05, 3.63) is 12.7 Å². The monoisotopic (exact) mass is 635 g/mol. The second-order valence-corrected chi connectivity index (χ2v) is 13.1. The number of phosphoric acid groups is 1. The van der Waals surface area contributed by atoms with E-state index in [1.807, 2.05) is 0 Å². The normalized spacial score (nSPS) is 36.8. The van der Waals surface area contributed by atoms with Crippen molar-refractivity contribution in [2.75, 3.05) is 18.9 Å². The first kappa shape index (κ1) is 31.6. The van der Waals surface area contributed by atoms with Crippen molar-refractivity contribution in [1.82, 2.24) is 19.5 Å². The van der Waals surface area contributed by atoms with Crippen LogP contribution in [0.25, 0.3) is 11.2 Å². The Kier molecular flexibility index (Phi) is 9.57. The van der Waals surface area contributed by atoms with Crippen molar-refractivity contribution in [1.29, 1.82) is 0 Å². The molecular weight excluding hydrogens is 608 g/mol. The lowest BCUT2D eigenvalue weighted by Gasteiger charge is -2.41. The quantitative estimate of drug-likeness (QED) is 0.110. The third-order valence-corrected chi connectivity index (χ3v) is 9.53. The molecule has 4 rings (SSSR count). The smallest absolute Gasteiger partial charge is 0.394 e. The zero-order valence-corrected chi connectivity index (χ0v) is 22.6. The Morgan fingerprint density at radius 3 is 2.42 bits per heavy atom. The number of hydrogen-bond donors (Lipinski definition) is 10. The van der Waals surface area contributed by atoms with E-state index in [0.717, 1.165) is 6.33 Å². The van der Waals surface area contributed by atoms with Gasteiger partial charge in [-0.1, -0.05) is 0 Å². The number of aliphatic hydroxyl groups is 7. The van der Waals surface area contributed by atoms with Crippen molar-refractivity contribution in [3.8, 4) is 0 Å². The van der Waals surface area contributed by atoms with Gasteiger partial charge in [-0.05, 0) is 11.8 Å². The molecule has 11 N–H and O–H groups in total. The largest absolute Gasteiger partial charge is 0.481 e. The number of ether oxygens (including phenoxy) is 2. The Balaban J connectivity index is 1.38. The first-order valence-electron chi connectivity index (χ1n) is 11.3. The summed E-state index contributed by atoms with van der Waals surface area (Å²) in [5.74, 6) is 0.0577. The highest BCUT2D eigenvalue weighted by Crippen LogP contribution is 2.61. The molecule has 4 heterocycles. The SMILES string of the molecule is Nc1ncnc2c1ncn2[C@@H]1O[C@H](COP(O)(=S)OP(=O)(O)O[C@@H]2OC([C@H](O)CO)[C@@H](O)[C@H](O)C2O)C(O)[C@@H]1O. The number of nitrogens with zero attached hydrogens (tertiary/aromatic N) is 4. The molecule has 2 aliphatic rings. The minimum atomic E-state index is -5.45. The van der Waals surface area contributed by atoms with Gasteiger partial charge >= 0.3 is 14.5 Å². The molecule has 5 unspecified atom stereocenters. The molecule has 0 aromatic carbocycles. The third-order valence-electron chi connectivity index (χ3n) is 6.02. The lowest BCUT2D eigenvalue weighted by atomic mass is 9.96. The molecule has 12 atom stereocenters. The van der Waals surface area contributed by atoms with Crippen LogP contribution in [0.15, 0.2) is 12.7 Å². The molecule has 0 radical (unpaired) electrons. The molecule has 2 aromatic heterocycles. The minimum absolute atomic E-state index is 0.0577. The number of nitrogens with two attached hydrogens (primary N) is 1. The zero-order chi connectivity index (χ0) is 29.6. The van der Waals surface area contributed by atoms with Crippen molar-refractivity contribution in [3.63, 3.8) is 0 Å². The molecule has 40 heavy (non-hydrogen) atoms. The van der Waals surface area contributed by atoms with Crippen LogP contribution >= 0.6 is 14.5 Å². The van der Waals surface area contributed by atoms with Gasteiger partial charge in [-0.15, -0.1) is 0 Å². The Labute approximate surface area is 229 Å². The van der Waals surface area contributed by atoms with E-state index in [1.165, 1.54) is 10.9 Å². The number of aliphatic hydroxyl groups excluding tert-OH is 7. The zero-order valence-electron chi connectivity index (χ0n) is 20.0. The summed E-state index contributed by atoms with van der Waals surface area (Å²) >= 11 is 4.70. The van der Waals surface area contributed by atoms with Crippen molar-refractivity contribution < 1.29 is 72.9 Å². The van der Waals surface area contributed by atoms with Crippen LogP contribution in [0.3, 0.4) is 0 Å². The third kappa shape index (κ3) is 6.51. The number of rotatable bonds is 10. The van der Waals surface area contributed by atoms with Crippen LogP contribution in [0.1, 0.15) is 6.23 Å². The molecule has 2 aromatic rings. The first-order valence-corrected chi connectivity index (χ1v) is 15.4. The molecule has 0 spiro atoms. The number of nitrogen functional groups attached to an aromatic ring is 1. The summed E-state index contributed by atoms with van der Waals surface area (Å²) in [7, 11) is -5.45. The van der Waals surface area contributed by atoms with Crippen LogP contribution < -0.4 is 5.73 Å². The molecule has 23 heteroatoms. The molecule has 2 saturated heterocycles. The fraction of sp³-hybridized carbons (Fsp3) is 0.706. The highest BCUT2D eigenvalue weighted by Gasteiger charge is 2.50. The van der Waals surface area contributed by atoms with Gasteiger partial charge < -0.3 is 65.3 Å².